The summed E-state index contributed by atoms with van der Waals surface area (Å²) in [4.78, 5) is -0.0584. The third-order valence-corrected chi connectivity index (χ3v) is 4.25. The summed E-state index contributed by atoms with van der Waals surface area (Å²) < 4.78 is 28.1. The minimum Gasteiger partial charge on any atom is -0.456 e. The van der Waals surface area contributed by atoms with Crippen molar-refractivity contribution in [2.24, 2.45) is 0 Å². The molecule has 0 spiro atoms. The monoisotopic (exact) mass is 330 g/mol. The summed E-state index contributed by atoms with van der Waals surface area (Å²) in [5.74, 6) is 1.02. The van der Waals surface area contributed by atoms with Gasteiger partial charge in [0.05, 0.1) is 9.92 Å². The SMILES string of the molecule is Cc1cc(C)cc(Oc2ccc(S(=O)(=O)Cl)cc2Cl)c1. The van der Waals surface area contributed by atoms with Crippen LogP contribution in [0.2, 0.25) is 5.02 Å². The molecule has 2 aromatic rings. The fourth-order valence-corrected chi connectivity index (χ4v) is 2.90. The lowest BCUT2D eigenvalue weighted by Gasteiger charge is -2.10. The van der Waals surface area contributed by atoms with Gasteiger partial charge in [-0.3, -0.25) is 0 Å². The molecule has 2 aromatic carbocycles. The van der Waals surface area contributed by atoms with Gasteiger partial charge in [-0.05, 0) is 55.3 Å². The minimum atomic E-state index is -3.80. The Labute approximate surface area is 127 Å². The van der Waals surface area contributed by atoms with Crippen molar-refractivity contribution in [1.29, 1.82) is 0 Å². The molecule has 6 heteroatoms. The average molecular weight is 331 g/mol. The van der Waals surface area contributed by atoms with Crippen molar-refractivity contribution >= 4 is 31.3 Å². The van der Waals surface area contributed by atoms with Gasteiger partial charge in [-0.25, -0.2) is 8.42 Å². The van der Waals surface area contributed by atoms with Crippen LogP contribution in [0.15, 0.2) is 41.3 Å². The average Bonchev–Trinajstić information content (AvgIpc) is 2.29. The largest absolute Gasteiger partial charge is 0.456 e. The van der Waals surface area contributed by atoms with E-state index in [0.717, 1.165) is 11.1 Å². The third kappa shape index (κ3) is 3.66. The molecule has 3 nitrogen and oxygen atoms in total. The van der Waals surface area contributed by atoms with E-state index in [1.165, 1.54) is 18.2 Å². The lowest BCUT2D eigenvalue weighted by atomic mass is 10.1. The summed E-state index contributed by atoms with van der Waals surface area (Å²) >= 11 is 6.02. The Bertz CT molecular complexity index is 735. The Morgan fingerprint density at radius 2 is 1.60 bits per heavy atom. The molecule has 0 fully saturated rings. The normalized spacial score (nSPS) is 11.4. The molecule has 0 aliphatic carbocycles. The fraction of sp³-hybridized carbons (Fsp3) is 0.143. The molecule has 0 aromatic heterocycles. The van der Waals surface area contributed by atoms with E-state index in [-0.39, 0.29) is 9.92 Å². The summed E-state index contributed by atoms with van der Waals surface area (Å²) in [5, 5.41) is 0.186. The Morgan fingerprint density at radius 3 is 2.10 bits per heavy atom. The Kier molecular flexibility index (Phi) is 4.28. The lowest BCUT2D eigenvalue weighted by Crippen LogP contribution is -1.92. The van der Waals surface area contributed by atoms with Crippen LogP contribution >= 0.6 is 22.3 Å². The van der Waals surface area contributed by atoms with Crippen LogP contribution < -0.4 is 4.74 Å². The van der Waals surface area contributed by atoms with E-state index in [1.54, 1.807) is 0 Å². The molecule has 0 atom stereocenters. The molecule has 0 N–H and O–H groups in total. The molecule has 106 valence electrons. The number of hydrogen-bond acceptors (Lipinski definition) is 3. The predicted octanol–water partition coefficient (Wildman–Crippen LogP) is 4.68. The van der Waals surface area contributed by atoms with Gasteiger partial charge in [-0.1, -0.05) is 17.7 Å². The van der Waals surface area contributed by atoms with E-state index < -0.39 is 9.05 Å². The summed E-state index contributed by atoms with van der Waals surface area (Å²) in [6, 6.07) is 9.87. The summed E-state index contributed by atoms with van der Waals surface area (Å²) in [6.07, 6.45) is 0. The van der Waals surface area contributed by atoms with Gasteiger partial charge in [0.25, 0.3) is 9.05 Å². The van der Waals surface area contributed by atoms with Gasteiger partial charge in [0.15, 0.2) is 0 Å². The number of rotatable bonds is 3. The Morgan fingerprint density at radius 1 is 1.00 bits per heavy atom. The van der Waals surface area contributed by atoms with Gasteiger partial charge < -0.3 is 4.74 Å². The van der Waals surface area contributed by atoms with E-state index in [4.69, 9.17) is 27.0 Å². The van der Waals surface area contributed by atoms with Crippen LogP contribution in [0.5, 0.6) is 11.5 Å². The second-order valence-electron chi connectivity index (χ2n) is 4.46. The molecule has 0 heterocycles. The first-order valence-electron chi connectivity index (χ1n) is 5.76. The quantitative estimate of drug-likeness (QED) is 0.767. The molecule has 0 aliphatic rings. The van der Waals surface area contributed by atoms with Crippen molar-refractivity contribution in [2.75, 3.05) is 0 Å². The highest BCUT2D eigenvalue weighted by molar-refractivity contribution is 8.13. The maximum Gasteiger partial charge on any atom is 0.261 e. The maximum atomic E-state index is 11.2. The van der Waals surface area contributed by atoms with E-state index in [0.29, 0.717) is 11.5 Å². The number of halogens is 2. The standard InChI is InChI=1S/C14H12Cl2O3S/c1-9-5-10(2)7-11(6-9)19-14-4-3-12(8-13(14)15)20(16,17)18/h3-8H,1-2H3. The highest BCUT2D eigenvalue weighted by Crippen LogP contribution is 2.32. The van der Waals surface area contributed by atoms with Crippen LogP contribution in [0.3, 0.4) is 0 Å². The van der Waals surface area contributed by atoms with Gasteiger partial charge in [-0.15, -0.1) is 0 Å². The molecule has 0 saturated heterocycles. The first kappa shape index (κ1) is 15.2. The second kappa shape index (κ2) is 5.64. The molecule has 0 bridgehead atoms. The van der Waals surface area contributed by atoms with Gasteiger partial charge >= 0.3 is 0 Å². The van der Waals surface area contributed by atoms with Gasteiger partial charge in [0, 0.05) is 10.7 Å². The summed E-state index contributed by atoms with van der Waals surface area (Å²) in [7, 11) is 1.46. The van der Waals surface area contributed by atoms with Gasteiger partial charge in [0.1, 0.15) is 11.5 Å². The van der Waals surface area contributed by atoms with Gasteiger partial charge in [-0.2, -0.15) is 0 Å². The Hall–Kier alpha value is -1.23. The molecule has 0 aliphatic heterocycles. The van der Waals surface area contributed by atoms with Crippen molar-refractivity contribution in [1.82, 2.24) is 0 Å². The highest BCUT2D eigenvalue weighted by Gasteiger charge is 2.13. The fourth-order valence-electron chi connectivity index (χ4n) is 1.83. The predicted molar refractivity (Wildman–Crippen MR) is 80.5 cm³/mol. The molecular weight excluding hydrogens is 319 g/mol. The van der Waals surface area contributed by atoms with Crippen LogP contribution in [0.1, 0.15) is 11.1 Å². The summed E-state index contributed by atoms with van der Waals surface area (Å²) in [6.45, 7) is 3.93. The van der Waals surface area contributed by atoms with Crippen molar-refractivity contribution in [3.05, 3.63) is 52.5 Å². The van der Waals surface area contributed by atoms with Crippen molar-refractivity contribution in [2.45, 2.75) is 18.7 Å². The van der Waals surface area contributed by atoms with Crippen molar-refractivity contribution in [3.63, 3.8) is 0 Å². The van der Waals surface area contributed by atoms with Crippen LogP contribution in [-0.4, -0.2) is 8.42 Å². The smallest absolute Gasteiger partial charge is 0.261 e. The molecule has 0 saturated carbocycles. The van der Waals surface area contributed by atoms with E-state index in [1.807, 2.05) is 32.0 Å². The molecule has 0 amide bonds. The van der Waals surface area contributed by atoms with E-state index >= 15 is 0 Å². The minimum absolute atomic E-state index is 0.0584. The number of ether oxygens (including phenoxy) is 1. The van der Waals surface area contributed by atoms with Gasteiger partial charge in [0.2, 0.25) is 0 Å². The summed E-state index contributed by atoms with van der Waals surface area (Å²) in [5.41, 5.74) is 2.13. The number of hydrogen-bond donors (Lipinski definition) is 0. The molecule has 0 radical (unpaired) electrons. The molecule has 0 unspecified atom stereocenters. The zero-order chi connectivity index (χ0) is 14.9. The molecule has 20 heavy (non-hydrogen) atoms. The number of aryl methyl sites for hydroxylation is 2. The zero-order valence-corrected chi connectivity index (χ0v) is 13.2. The third-order valence-electron chi connectivity index (χ3n) is 2.61. The van der Waals surface area contributed by atoms with E-state index in [2.05, 4.69) is 0 Å². The van der Waals surface area contributed by atoms with Crippen molar-refractivity contribution < 1.29 is 13.2 Å². The van der Waals surface area contributed by atoms with E-state index in [9.17, 15) is 8.42 Å². The Balaban J connectivity index is 2.35. The first-order valence-corrected chi connectivity index (χ1v) is 8.45. The zero-order valence-electron chi connectivity index (χ0n) is 10.9. The number of benzene rings is 2. The lowest BCUT2D eigenvalue weighted by molar-refractivity contribution is 0.481. The first-order chi connectivity index (χ1) is 9.25. The van der Waals surface area contributed by atoms with Crippen LogP contribution in [0, 0.1) is 13.8 Å². The second-order valence-corrected chi connectivity index (χ2v) is 7.43. The van der Waals surface area contributed by atoms with Crippen LogP contribution in [-0.2, 0) is 9.05 Å². The molecular formula is C14H12Cl2O3S. The topological polar surface area (TPSA) is 43.4 Å². The van der Waals surface area contributed by atoms with Crippen molar-refractivity contribution in [3.8, 4) is 11.5 Å². The maximum absolute atomic E-state index is 11.2. The van der Waals surface area contributed by atoms with Crippen LogP contribution in [0.4, 0.5) is 0 Å². The highest BCUT2D eigenvalue weighted by atomic mass is 35.7. The van der Waals surface area contributed by atoms with Crippen LogP contribution in [0.25, 0.3) is 0 Å². The molecule has 2 rings (SSSR count).